The van der Waals surface area contributed by atoms with Crippen molar-refractivity contribution in [2.24, 2.45) is 0 Å². The molecule has 0 unspecified atom stereocenters. The van der Waals surface area contributed by atoms with Crippen molar-refractivity contribution in [3.8, 4) is 0 Å². The fourth-order valence-electron chi connectivity index (χ4n) is 2.12. The second kappa shape index (κ2) is 4.90. The second-order valence-electron chi connectivity index (χ2n) is 4.44. The van der Waals surface area contributed by atoms with Gasteiger partial charge in [-0.1, -0.05) is 18.2 Å². The van der Waals surface area contributed by atoms with Crippen LogP contribution in [0, 0.1) is 0 Å². The highest BCUT2D eigenvalue weighted by Gasteiger charge is 2.29. The Balaban J connectivity index is 1.86. The molecule has 0 atom stereocenters. The number of benzene rings is 1. The molecule has 1 aromatic carbocycles. The van der Waals surface area contributed by atoms with Crippen molar-refractivity contribution in [3.63, 3.8) is 0 Å². The molecule has 1 aliphatic rings. The van der Waals surface area contributed by atoms with Crippen molar-refractivity contribution in [1.82, 2.24) is 4.90 Å². The first-order chi connectivity index (χ1) is 9.66. The average Bonchev–Trinajstić information content (AvgIpc) is 2.87. The first-order valence-electron chi connectivity index (χ1n) is 6.07. The summed E-state index contributed by atoms with van der Waals surface area (Å²) in [6.07, 6.45) is 1.35. The molecule has 0 radical (unpaired) electrons. The Morgan fingerprint density at radius 2 is 1.85 bits per heavy atom. The predicted molar refractivity (Wildman–Crippen MR) is 68.1 cm³/mol. The van der Waals surface area contributed by atoms with Crippen LogP contribution in [0.25, 0.3) is 11.0 Å². The average molecular weight is 273 g/mol. The van der Waals surface area contributed by atoms with Crippen LogP contribution in [0.15, 0.2) is 34.9 Å². The minimum absolute atomic E-state index is 0.175. The van der Waals surface area contributed by atoms with E-state index < -0.39 is 11.8 Å². The zero-order valence-corrected chi connectivity index (χ0v) is 10.5. The van der Waals surface area contributed by atoms with Gasteiger partial charge in [-0.3, -0.25) is 19.3 Å². The molecule has 3 rings (SSSR count). The van der Waals surface area contributed by atoms with Crippen LogP contribution in [-0.4, -0.2) is 42.3 Å². The summed E-state index contributed by atoms with van der Waals surface area (Å²) in [6.45, 7) is -0.638. The number of hydrogen-bond donors (Lipinski definition) is 0. The van der Waals surface area contributed by atoms with Gasteiger partial charge in [0.2, 0.25) is 0 Å². The van der Waals surface area contributed by atoms with Crippen molar-refractivity contribution < 1.29 is 23.5 Å². The lowest BCUT2D eigenvalue weighted by atomic mass is 10.1. The molecule has 0 N–H and O–H groups in total. The molecule has 20 heavy (non-hydrogen) atoms. The Bertz CT molecular complexity index is 686. The van der Waals surface area contributed by atoms with E-state index in [1.165, 1.54) is 6.26 Å². The summed E-state index contributed by atoms with van der Waals surface area (Å²) in [6, 6.07) is 7.10. The van der Waals surface area contributed by atoms with Crippen LogP contribution in [0.2, 0.25) is 0 Å². The zero-order chi connectivity index (χ0) is 14.1. The Morgan fingerprint density at radius 1 is 1.15 bits per heavy atom. The number of amides is 2. The molecule has 0 saturated carbocycles. The molecule has 6 nitrogen and oxygen atoms in total. The zero-order valence-electron chi connectivity index (χ0n) is 10.5. The van der Waals surface area contributed by atoms with Gasteiger partial charge >= 0.3 is 0 Å². The van der Waals surface area contributed by atoms with E-state index in [1.807, 2.05) is 0 Å². The van der Waals surface area contributed by atoms with E-state index >= 15 is 0 Å². The molecule has 6 heteroatoms. The molecule has 102 valence electrons. The highest BCUT2D eigenvalue weighted by Crippen LogP contribution is 2.21. The summed E-state index contributed by atoms with van der Waals surface area (Å²) in [5.74, 6) is -1.33. The number of fused-ring (bicyclic) bond motifs is 1. The standard InChI is InChI=1S/C14H11NO5/c16-11(5-15-13(17)7-19-8-14(15)18)10-6-20-12-4-2-1-3-9(10)12/h1-4,6H,5,7-8H2. The van der Waals surface area contributed by atoms with Crippen LogP contribution in [0.3, 0.4) is 0 Å². The third kappa shape index (κ3) is 2.10. The lowest BCUT2D eigenvalue weighted by Crippen LogP contribution is -2.48. The van der Waals surface area contributed by atoms with Gasteiger partial charge in [-0.2, -0.15) is 0 Å². The predicted octanol–water partition coefficient (Wildman–Crippen LogP) is 1.00. The number of ether oxygens (including phenoxy) is 1. The molecule has 1 aliphatic heterocycles. The molecule has 2 heterocycles. The fourth-order valence-corrected chi connectivity index (χ4v) is 2.12. The number of hydrogen-bond acceptors (Lipinski definition) is 5. The number of imide groups is 1. The maximum atomic E-state index is 12.2. The normalized spacial score (nSPS) is 15.9. The van der Waals surface area contributed by atoms with E-state index in [9.17, 15) is 14.4 Å². The van der Waals surface area contributed by atoms with E-state index in [0.29, 0.717) is 16.5 Å². The van der Waals surface area contributed by atoms with E-state index in [4.69, 9.17) is 9.15 Å². The summed E-state index contributed by atoms with van der Waals surface area (Å²) in [5.41, 5.74) is 0.961. The van der Waals surface area contributed by atoms with Gasteiger partial charge in [0.1, 0.15) is 25.1 Å². The minimum atomic E-state index is -0.498. The van der Waals surface area contributed by atoms with Gasteiger partial charge < -0.3 is 9.15 Å². The Kier molecular flexibility index (Phi) is 3.08. The first-order valence-corrected chi connectivity index (χ1v) is 6.07. The molecular formula is C14H11NO5. The number of morpholine rings is 1. The van der Waals surface area contributed by atoms with Gasteiger partial charge in [0.25, 0.3) is 11.8 Å². The number of furan rings is 1. The van der Waals surface area contributed by atoms with Crippen LogP contribution in [0.4, 0.5) is 0 Å². The van der Waals surface area contributed by atoms with E-state index in [-0.39, 0.29) is 25.5 Å². The summed E-state index contributed by atoms with van der Waals surface area (Å²) in [4.78, 5) is 36.3. The van der Waals surface area contributed by atoms with Gasteiger partial charge in [0, 0.05) is 5.39 Å². The van der Waals surface area contributed by atoms with Crippen LogP contribution in [0.1, 0.15) is 10.4 Å². The first kappa shape index (κ1) is 12.6. The number of Topliss-reactive ketones (excluding diaryl/α,β-unsaturated/α-hetero) is 1. The fraction of sp³-hybridized carbons (Fsp3) is 0.214. The Hall–Kier alpha value is -2.47. The number of carbonyl (C=O) groups excluding carboxylic acids is 3. The van der Waals surface area contributed by atoms with E-state index in [1.54, 1.807) is 24.3 Å². The van der Waals surface area contributed by atoms with Crippen molar-refractivity contribution in [2.75, 3.05) is 19.8 Å². The molecule has 1 aromatic heterocycles. The maximum Gasteiger partial charge on any atom is 0.255 e. The van der Waals surface area contributed by atoms with Crippen LogP contribution in [-0.2, 0) is 14.3 Å². The smallest absolute Gasteiger partial charge is 0.255 e. The largest absolute Gasteiger partial charge is 0.464 e. The van der Waals surface area contributed by atoms with Crippen LogP contribution < -0.4 is 0 Å². The maximum absolute atomic E-state index is 12.2. The van der Waals surface area contributed by atoms with Crippen LogP contribution >= 0.6 is 0 Å². The van der Waals surface area contributed by atoms with Crippen molar-refractivity contribution in [1.29, 1.82) is 0 Å². The lowest BCUT2D eigenvalue weighted by Gasteiger charge is -2.23. The second-order valence-corrected chi connectivity index (χ2v) is 4.44. The number of rotatable bonds is 3. The number of carbonyl (C=O) groups is 3. The number of para-hydroxylation sites is 1. The molecule has 1 fully saturated rings. The van der Waals surface area contributed by atoms with Gasteiger partial charge in [0.15, 0.2) is 5.78 Å². The third-order valence-corrected chi connectivity index (χ3v) is 3.14. The monoisotopic (exact) mass is 273 g/mol. The minimum Gasteiger partial charge on any atom is -0.464 e. The Morgan fingerprint density at radius 3 is 2.60 bits per heavy atom. The van der Waals surface area contributed by atoms with Crippen molar-refractivity contribution >= 4 is 28.6 Å². The summed E-state index contributed by atoms with van der Waals surface area (Å²) < 4.78 is 10.1. The van der Waals surface area contributed by atoms with Gasteiger partial charge in [-0.15, -0.1) is 0 Å². The molecule has 1 saturated heterocycles. The lowest BCUT2D eigenvalue weighted by molar-refractivity contribution is -0.157. The van der Waals surface area contributed by atoms with E-state index in [2.05, 4.69) is 0 Å². The molecule has 0 spiro atoms. The molecule has 0 bridgehead atoms. The topological polar surface area (TPSA) is 76.8 Å². The van der Waals surface area contributed by atoms with Gasteiger partial charge in [0.05, 0.1) is 12.1 Å². The molecule has 0 aliphatic carbocycles. The SMILES string of the molecule is O=C(CN1C(=O)COCC1=O)c1coc2ccccc12. The Labute approximate surface area is 113 Å². The molecule has 2 aromatic rings. The summed E-state index contributed by atoms with van der Waals surface area (Å²) in [7, 11) is 0. The molecule has 2 amide bonds. The van der Waals surface area contributed by atoms with Crippen LogP contribution in [0.5, 0.6) is 0 Å². The third-order valence-electron chi connectivity index (χ3n) is 3.14. The van der Waals surface area contributed by atoms with Gasteiger partial charge in [-0.05, 0) is 6.07 Å². The number of ketones is 1. The summed E-state index contributed by atoms with van der Waals surface area (Å²) in [5, 5.41) is 0.672. The van der Waals surface area contributed by atoms with E-state index in [0.717, 1.165) is 4.90 Å². The van der Waals surface area contributed by atoms with Crippen molar-refractivity contribution in [2.45, 2.75) is 0 Å². The van der Waals surface area contributed by atoms with Crippen molar-refractivity contribution in [3.05, 3.63) is 36.1 Å². The highest BCUT2D eigenvalue weighted by atomic mass is 16.5. The summed E-state index contributed by atoms with van der Waals surface area (Å²) >= 11 is 0. The quantitative estimate of drug-likeness (QED) is 0.616. The number of nitrogens with zero attached hydrogens (tertiary/aromatic N) is 1. The highest BCUT2D eigenvalue weighted by molar-refractivity contribution is 6.11. The van der Waals surface area contributed by atoms with Gasteiger partial charge in [-0.25, -0.2) is 0 Å². The molecular weight excluding hydrogens is 262 g/mol.